The average Bonchev–Trinajstić information content (AvgIpc) is 3.18. The molecule has 2 heterocycles. The van der Waals surface area contributed by atoms with Crippen LogP contribution >= 0.6 is 0 Å². The summed E-state index contributed by atoms with van der Waals surface area (Å²) in [5.41, 5.74) is 0.903. The Kier molecular flexibility index (Phi) is 5.87. The predicted molar refractivity (Wildman–Crippen MR) is 129 cm³/mol. The molecule has 3 amide bonds. The number of rotatable bonds is 2. The van der Waals surface area contributed by atoms with E-state index in [2.05, 4.69) is 15.7 Å². The van der Waals surface area contributed by atoms with Gasteiger partial charge >= 0.3 is 12.1 Å². The molecule has 0 radical (unpaired) electrons. The number of urea groups is 1. The van der Waals surface area contributed by atoms with Crippen molar-refractivity contribution in [2.24, 2.45) is 0 Å². The third-order valence-corrected chi connectivity index (χ3v) is 7.16. The lowest BCUT2D eigenvalue weighted by Crippen LogP contribution is -2.46. The summed E-state index contributed by atoms with van der Waals surface area (Å²) < 4.78 is 24.6. The number of sulfone groups is 1. The Labute approximate surface area is 192 Å². The van der Waals surface area contributed by atoms with Crippen molar-refractivity contribution in [2.45, 2.75) is 26.2 Å². The highest BCUT2D eigenvalue weighted by molar-refractivity contribution is 7.91. The summed E-state index contributed by atoms with van der Waals surface area (Å²) in [7, 11) is -3.13. The molecule has 0 saturated carbocycles. The lowest BCUT2D eigenvalue weighted by molar-refractivity contribution is 0.201. The molecule has 1 aliphatic heterocycles. The molecule has 174 valence electrons. The predicted octanol–water partition coefficient (Wildman–Crippen LogP) is 3.68. The molecule has 0 bridgehead atoms. The van der Waals surface area contributed by atoms with Crippen LogP contribution in [0.2, 0.25) is 0 Å². The molecule has 0 aliphatic carbocycles. The van der Waals surface area contributed by atoms with Gasteiger partial charge in [-0.1, -0.05) is 57.2 Å². The maximum atomic E-state index is 13.1. The summed E-state index contributed by atoms with van der Waals surface area (Å²) in [5.74, 6) is 0.0449. The molecule has 3 aromatic rings. The molecule has 2 N–H and O–H groups in total. The molecule has 4 rings (SSSR count). The molecule has 0 unspecified atom stereocenters. The van der Waals surface area contributed by atoms with Gasteiger partial charge in [-0.2, -0.15) is 9.78 Å². The van der Waals surface area contributed by atoms with E-state index in [1.54, 1.807) is 12.1 Å². The van der Waals surface area contributed by atoms with Gasteiger partial charge in [0.15, 0.2) is 9.84 Å². The van der Waals surface area contributed by atoms with E-state index in [1.807, 2.05) is 57.2 Å². The van der Waals surface area contributed by atoms with E-state index in [-0.39, 0.29) is 35.8 Å². The molecule has 1 fully saturated rings. The number of hydrogen-bond acceptors (Lipinski definition) is 5. The van der Waals surface area contributed by atoms with Crippen molar-refractivity contribution in [2.75, 3.05) is 35.2 Å². The zero-order valence-electron chi connectivity index (χ0n) is 18.8. The molecule has 1 aliphatic rings. The second-order valence-electron chi connectivity index (χ2n) is 9.10. The fourth-order valence-electron chi connectivity index (χ4n) is 3.62. The molecule has 1 aromatic heterocycles. The first-order valence-corrected chi connectivity index (χ1v) is 12.5. The largest absolute Gasteiger partial charge is 0.346 e. The van der Waals surface area contributed by atoms with E-state index in [9.17, 15) is 18.0 Å². The van der Waals surface area contributed by atoms with Gasteiger partial charge in [-0.15, -0.1) is 0 Å². The van der Waals surface area contributed by atoms with Crippen LogP contribution in [0.15, 0.2) is 48.5 Å². The van der Waals surface area contributed by atoms with Crippen molar-refractivity contribution in [3.05, 3.63) is 54.2 Å². The monoisotopic (exact) mass is 469 g/mol. The van der Waals surface area contributed by atoms with Crippen LogP contribution in [0.3, 0.4) is 0 Å². The SMILES string of the molecule is CC(C)(C)c1cc(NC(=O)Nc2cccc3ccccc23)n(C(=O)N2CCS(=O)(=O)CC2)n1. The van der Waals surface area contributed by atoms with Crippen molar-refractivity contribution in [1.29, 1.82) is 0 Å². The van der Waals surface area contributed by atoms with Crippen molar-refractivity contribution >= 4 is 44.2 Å². The third kappa shape index (κ3) is 5.00. The Balaban J connectivity index is 1.59. The minimum absolute atomic E-state index is 0.0868. The summed E-state index contributed by atoms with van der Waals surface area (Å²) >= 11 is 0. The van der Waals surface area contributed by atoms with Crippen LogP contribution in [0.1, 0.15) is 26.5 Å². The second-order valence-corrected chi connectivity index (χ2v) is 11.4. The summed E-state index contributed by atoms with van der Waals surface area (Å²) in [6.45, 7) is 6.05. The van der Waals surface area contributed by atoms with Gasteiger partial charge in [0.05, 0.1) is 22.9 Å². The number of carbonyl (C=O) groups is 2. The number of nitrogens with zero attached hydrogens (tertiary/aromatic N) is 3. The fourth-order valence-corrected chi connectivity index (χ4v) is 4.83. The van der Waals surface area contributed by atoms with Gasteiger partial charge in [-0.25, -0.2) is 18.0 Å². The van der Waals surface area contributed by atoms with Crippen LogP contribution in [-0.2, 0) is 15.3 Å². The van der Waals surface area contributed by atoms with Crippen molar-refractivity contribution in [1.82, 2.24) is 14.7 Å². The molecular formula is C23H27N5O4S. The lowest BCUT2D eigenvalue weighted by Gasteiger charge is -2.26. The van der Waals surface area contributed by atoms with E-state index in [4.69, 9.17) is 0 Å². The van der Waals surface area contributed by atoms with Gasteiger partial charge in [0, 0.05) is 30.0 Å². The van der Waals surface area contributed by atoms with Crippen molar-refractivity contribution < 1.29 is 18.0 Å². The number of aromatic nitrogens is 2. The van der Waals surface area contributed by atoms with E-state index in [1.165, 1.54) is 4.90 Å². The van der Waals surface area contributed by atoms with E-state index in [0.29, 0.717) is 11.4 Å². The lowest BCUT2D eigenvalue weighted by atomic mass is 9.92. The molecule has 33 heavy (non-hydrogen) atoms. The van der Waals surface area contributed by atoms with Gasteiger partial charge in [-0.3, -0.25) is 5.32 Å². The number of hydrogen-bond donors (Lipinski definition) is 2. The summed E-state index contributed by atoms with van der Waals surface area (Å²) in [4.78, 5) is 27.4. The highest BCUT2D eigenvalue weighted by atomic mass is 32.2. The van der Waals surface area contributed by atoms with Crippen LogP contribution in [0.4, 0.5) is 21.1 Å². The Hall–Kier alpha value is -3.40. The maximum Gasteiger partial charge on any atom is 0.346 e. The van der Waals surface area contributed by atoms with Gasteiger partial charge in [0.1, 0.15) is 5.82 Å². The summed E-state index contributed by atoms with van der Waals surface area (Å²) in [6, 6.07) is 14.0. The second kappa shape index (κ2) is 8.51. The quantitative estimate of drug-likeness (QED) is 0.594. The average molecular weight is 470 g/mol. The molecule has 10 heteroatoms. The van der Waals surface area contributed by atoms with E-state index >= 15 is 0 Å². The Morgan fingerprint density at radius 1 is 0.970 bits per heavy atom. The van der Waals surface area contributed by atoms with Crippen LogP contribution < -0.4 is 10.6 Å². The van der Waals surface area contributed by atoms with Crippen molar-refractivity contribution in [3.63, 3.8) is 0 Å². The zero-order valence-corrected chi connectivity index (χ0v) is 19.6. The minimum Gasteiger partial charge on any atom is -0.321 e. The maximum absolute atomic E-state index is 13.1. The Morgan fingerprint density at radius 2 is 1.64 bits per heavy atom. The summed E-state index contributed by atoms with van der Waals surface area (Å²) in [6.07, 6.45) is 0. The molecule has 0 atom stereocenters. The molecular weight excluding hydrogens is 442 g/mol. The van der Waals surface area contributed by atoms with Gasteiger partial charge in [-0.05, 0) is 11.5 Å². The number of carbonyl (C=O) groups excluding carboxylic acids is 2. The Bertz CT molecular complexity index is 1300. The van der Waals surface area contributed by atoms with Crippen LogP contribution in [0, 0.1) is 0 Å². The number of amides is 3. The zero-order chi connectivity index (χ0) is 23.8. The van der Waals surface area contributed by atoms with E-state index < -0.39 is 21.9 Å². The number of benzene rings is 2. The fraction of sp³-hybridized carbons (Fsp3) is 0.348. The standard InChI is InChI=1S/C23H27N5O4S/c1-23(2,3)19-15-20(28(26-19)22(30)27-11-13-33(31,32)14-12-27)25-21(29)24-18-10-6-8-16-7-4-5-9-17(16)18/h4-10,15H,11-14H2,1-3H3,(H2,24,25,29). The van der Waals surface area contributed by atoms with Crippen molar-refractivity contribution in [3.8, 4) is 0 Å². The van der Waals surface area contributed by atoms with E-state index in [0.717, 1.165) is 15.5 Å². The number of nitrogens with one attached hydrogen (secondary N) is 2. The first kappa shape index (κ1) is 22.8. The highest BCUT2D eigenvalue weighted by Gasteiger charge is 2.30. The van der Waals surface area contributed by atoms with Crippen LogP contribution in [-0.4, -0.2) is 59.8 Å². The van der Waals surface area contributed by atoms with Gasteiger partial charge < -0.3 is 10.2 Å². The smallest absolute Gasteiger partial charge is 0.321 e. The number of fused-ring (bicyclic) bond motifs is 1. The first-order valence-electron chi connectivity index (χ1n) is 10.7. The van der Waals surface area contributed by atoms with Gasteiger partial charge in [0.2, 0.25) is 0 Å². The topological polar surface area (TPSA) is 113 Å². The molecule has 2 aromatic carbocycles. The first-order chi connectivity index (χ1) is 15.5. The number of anilines is 2. The van der Waals surface area contributed by atoms with Gasteiger partial charge in [0.25, 0.3) is 0 Å². The highest BCUT2D eigenvalue weighted by Crippen LogP contribution is 2.26. The molecule has 0 spiro atoms. The normalized spacial score (nSPS) is 15.9. The third-order valence-electron chi connectivity index (χ3n) is 5.55. The Morgan fingerprint density at radius 3 is 2.33 bits per heavy atom. The summed E-state index contributed by atoms with van der Waals surface area (Å²) in [5, 5.41) is 11.9. The van der Waals surface area contributed by atoms with Crippen LogP contribution in [0.25, 0.3) is 10.8 Å². The molecule has 1 saturated heterocycles. The van der Waals surface area contributed by atoms with Crippen LogP contribution in [0.5, 0.6) is 0 Å². The molecule has 9 nitrogen and oxygen atoms in total. The minimum atomic E-state index is -3.13.